The standard InChI is InChI=1S/C12H15FN2O/c13-9-2-1-3-10(6-9)15-12(16)7-11(14)8-4-5-8/h1-3,6,8,11H,4-5,7,14H2,(H,15,16). The van der Waals surface area contributed by atoms with Crippen LogP contribution in [-0.4, -0.2) is 11.9 Å². The van der Waals surface area contributed by atoms with Crippen molar-refractivity contribution in [1.82, 2.24) is 0 Å². The number of carbonyl (C=O) groups is 1. The molecular weight excluding hydrogens is 207 g/mol. The molecule has 3 nitrogen and oxygen atoms in total. The van der Waals surface area contributed by atoms with Crippen molar-refractivity contribution in [3.63, 3.8) is 0 Å². The predicted molar refractivity (Wildman–Crippen MR) is 60.3 cm³/mol. The zero-order valence-electron chi connectivity index (χ0n) is 8.95. The topological polar surface area (TPSA) is 55.1 Å². The van der Waals surface area contributed by atoms with Crippen LogP contribution in [0.5, 0.6) is 0 Å². The Labute approximate surface area is 93.8 Å². The summed E-state index contributed by atoms with van der Waals surface area (Å²) in [6.07, 6.45) is 2.55. The number of hydrogen-bond acceptors (Lipinski definition) is 2. The van der Waals surface area contributed by atoms with Crippen molar-refractivity contribution in [3.8, 4) is 0 Å². The Morgan fingerprint density at radius 1 is 1.56 bits per heavy atom. The Bertz CT molecular complexity index is 390. The summed E-state index contributed by atoms with van der Waals surface area (Å²) in [5, 5.41) is 2.64. The van der Waals surface area contributed by atoms with Crippen LogP contribution in [0.4, 0.5) is 10.1 Å². The molecule has 1 unspecified atom stereocenters. The number of hydrogen-bond donors (Lipinski definition) is 2. The van der Waals surface area contributed by atoms with Crippen LogP contribution in [0.2, 0.25) is 0 Å². The van der Waals surface area contributed by atoms with Crippen molar-refractivity contribution in [2.45, 2.75) is 25.3 Å². The molecule has 1 aliphatic rings. The minimum absolute atomic E-state index is 0.0615. The molecule has 1 aliphatic carbocycles. The van der Waals surface area contributed by atoms with E-state index in [9.17, 15) is 9.18 Å². The summed E-state index contributed by atoms with van der Waals surface area (Å²) in [4.78, 5) is 11.6. The molecule has 3 N–H and O–H groups in total. The van der Waals surface area contributed by atoms with Gasteiger partial charge in [0.2, 0.25) is 5.91 Å². The number of benzene rings is 1. The molecule has 86 valence electrons. The van der Waals surface area contributed by atoms with Crippen LogP contribution in [-0.2, 0) is 4.79 Å². The van der Waals surface area contributed by atoms with Crippen molar-refractivity contribution >= 4 is 11.6 Å². The highest BCUT2D eigenvalue weighted by Crippen LogP contribution is 2.32. The summed E-state index contributed by atoms with van der Waals surface area (Å²) in [7, 11) is 0. The molecule has 0 bridgehead atoms. The molecule has 1 fully saturated rings. The predicted octanol–water partition coefficient (Wildman–Crippen LogP) is 1.89. The monoisotopic (exact) mass is 222 g/mol. The lowest BCUT2D eigenvalue weighted by Gasteiger charge is -2.10. The molecular formula is C12H15FN2O. The first-order valence-corrected chi connectivity index (χ1v) is 5.46. The van der Waals surface area contributed by atoms with Gasteiger partial charge in [0.1, 0.15) is 5.82 Å². The van der Waals surface area contributed by atoms with Gasteiger partial charge in [-0.2, -0.15) is 0 Å². The van der Waals surface area contributed by atoms with Crippen molar-refractivity contribution in [2.24, 2.45) is 11.7 Å². The van der Waals surface area contributed by atoms with E-state index in [0.29, 0.717) is 18.0 Å². The normalized spacial score (nSPS) is 16.9. The smallest absolute Gasteiger partial charge is 0.225 e. The van der Waals surface area contributed by atoms with E-state index in [1.54, 1.807) is 12.1 Å². The van der Waals surface area contributed by atoms with E-state index in [2.05, 4.69) is 5.32 Å². The van der Waals surface area contributed by atoms with E-state index in [4.69, 9.17) is 5.73 Å². The van der Waals surface area contributed by atoms with Crippen LogP contribution in [0.15, 0.2) is 24.3 Å². The van der Waals surface area contributed by atoms with E-state index < -0.39 is 0 Å². The third kappa shape index (κ3) is 3.03. The fourth-order valence-electron chi connectivity index (χ4n) is 1.68. The highest BCUT2D eigenvalue weighted by atomic mass is 19.1. The van der Waals surface area contributed by atoms with Crippen molar-refractivity contribution in [1.29, 1.82) is 0 Å². The fraction of sp³-hybridized carbons (Fsp3) is 0.417. The van der Waals surface area contributed by atoms with Crippen molar-refractivity contribution in [3.05, 3.63) is 30.1 Å². The fourth-order valence-corrected chi connectivity index (χ4v) is 1.68. The van der Waals surface area contributed by atoms with Gasteiger partial charge in [-0.3, -0.25) is 4.79 Å². The van der Waals surface area contributed by atoms with Gasteiger partial charge >= 0.3 is 0 Å². The molecule has 0 spiro atoms. The van der Waals surface area contributed by atoms with Crippen LogP contribution in [0.25, 0.3) is 0 Å². The second kappa shape index (κ2) is 4.61. The molecule has 1 amide bonds. The molecule has 1 saturated carbocycles. The SMILES string of the molecule is NC(CC(=O)Nc1cccc(F)c1)C1CC1. The first-order chi connectivity index (χ1) is 7.65. The maximum absolute atomic E-state index is 12.8. The van der Waals surface area contributed by atoms with Crippen LogP contribution >= 0.6 is 0 Å². The van der Waals surface area contributed by atoms with Gasteiger partial charge in [0.15, 0.2) is 0 Å². The van der Waals surface area contributed by atoms with Gasteiger partial charge in [-0.1, -0.05) is 6.07 Å². The second-order valence-corrected chi connectivity index (χ2v) is 4.26. The van der Waals surface area contributed by atoms with Gasteiger partial charge < -0.3 is 11.1 Å². The molecule has 16 heavy (non-hydrogen) atoms. The summed E-state index contributed by atoms with van der Waals surface area (Å²) in [6.45, 7) is 0. The quantitative estimate of drug-likeness (QED) is 0.817. The maximum Gasteiger partial charge on any atom is 0.225 e. The number of carbonyl (C=O) groups excluding carboxylic acids is 1. The van der Waals surface area contributed by atoms with E-state index in [-0.39, 0.29) is 17.8 Å². The van der Waals surface area contributed by atoms with E-state index in [1.165, 1.54) is 12.1 Å². The van der Waals surface area contributed by atoms with Gasteiger partial charge in [0, 0.05) is 18.2 Å². The Morgan fingerprint density at radius 3 is 2.94 bits per heavy atom. The number of nitrogens with one attached hydrogen (secondary N) is 1. The molecule has 2 rings (SSSR count). The van der Waals surface area contributed by atoms with Gasteiger partial charge in [-0.15, -0.1) is 0 Å². The number of nitrogens with two attached hydrogens (primary N) is 1. The highest BCUT2D eigenvalue weighted by molar-refractivity contribution is 5.91. The summed E-state index contributed by atoms with van der Waals surface area (Å²) in [6, 6.07) is 5.79. The highest BCUT2D eigenvalue weighted by Gasteiger charge is 2.29. The lowest BCUT2D eigenvalue weighted by molar-refractivity contribution is -0.116. The summed E-state index contributed by atoms with van der Waals surface area (Å²) in [5.74, 6) is -0.00690. The van der Waals surface area contributed by atoms with Gasteiger partial charge in [0.25, 0.3) is 0 Å². The summed E-state index contributed by atoms with van der Waals surface area (Å²) in [5.41, 5.74) is 6.31. The van der Waals surface area contributed by atoms with E-state index in [1.807, 2.05) is 0 Å². The lowest BCUT2D eigenvalue weighted by atomic mass is 10.1. The Kier molecular flexibility index (Phi) is 3.19. The van der Waals surface area contributed by atoms with Gasteiger partial charge in [-0.25, -0.2) is 4.39 Å². The number of rotatable bonds is 4. The minimum Gasteiger partial charge on any atom is -0.327 e. The van der Waals surface area contributed by atoms with Gasteiger partial charge in [-0.05, 0) is 37.0 Å². The molecule has 1 atom stereocenters. The van der Waals surface area contributed by atoms with E-state index in [0.717, 1.165) is 12.8 Å². The minimum atomic E-state index is -0.357. The number of halogens is 1. The largest absolute Gasteiger partial charge is 0.327 e. The summed E-state index contributed by atoms with van der Waals surface area (Å²) < 4.78 is 12.8. The van der Waals surface area contributed by atoms with Crippen LogP contribution < -0.4 is 11.1 Å². The zero-order valence-corrected chi connectivity index (χ0v) is 8.95. The third-order valence-corrected chi connectivity index (χ3v) is 2.76. The van der Waals surface area contributed by atoms with E-state index >= 15 is 0 Å². The van der Waals surface area contributed by atoms with Crippen LogP contribution in [0, 0.1) is 11.7 Å². The first-order valence-electron chi connectivity index (χ1n) is 5.46. The van der Waals surface area contributed by atoms with Gasteiger partial charge in [0.05, 0.1) is 0 Å². The first kappa shape index (κ1) is 11.1. The molecule has 1 aromatic carbocycles. The molecule has 0 aliphatic heterocycles. The second-order valence-electron chi connectivity index (χ2n) is 4.26. The van der Waals surface area contributed by atoms with Crippen LogP contribution in [0.3, 0.4) is 0 Å². The van der Waals surface area contributed by atoms with Crippen molar-refractivity contribution < 1.29 is 9.18 Å². The molecule has 0 aromatic heterocycles. The average Bonchev–Trinajstić information content (AvgIpc) is 2.99. The van der Waals surface area contributed by atoms with Crippen molar-refractivity contribution in [2.75, 3.05) is 5.32 Å². The lowest BCUT2D eigenvalue weighted by Crippen LogP contribution is -2.28. The molecule has 1 aromatic rings. The molecule has 0 saturated heterocycles. The number of amides is 1. The van der Waals surface area contributed by atoms with Crippen LogP contribution in [0.1, 0.15) is 19.3 Å². The molecule has 0 radical (unpaired) electrons. The third-order valence-electron chi connectivity index (χ3n) is 2.76. The molecule has 0 heterocycles. The Balaban J connectivity index is 1.86. The zero-order chi connectivity index (χ0) is 11.5. The Hall–Kier alpha value is -1.42. The maximum atomic E-state index is 12.8. The average molecular weight is 222 g/mol. The number of anilines is 1. The Morgan fingerprint density at radius 2 is 2.31 bits per heavy atom. The molecule has 4 heteroatoms. The summed E-state index contributed by atoms with van der Waals surface area (Å²) >= 11 is 0.